The Bertz CT molecular complexity index is 489. The summed E-state index contributed by atoms with van der Waals surface area (Å²) in [4.78, 5) is 11.6. The second-order valence-electron chi connectivity index (χ2n) is 3.43. The van der Waals surface area contributed by atoms with Gasteiger partial charge >= 0.3 is 0 Å². The number of phenolic OH excluding ortho intramolecular Hbond substituents is 2. The van der Waals surface area contributed by atoms with Gasteiger partial charge in [-0.05, 0) is 18.2 Å². The topological polar surface area (TPSA) is 87.0 Å². The first-order valence-electron chi connectivity index (χ1n) is 4.59. The molecule has 0 saturated heterocycles. The molecule has 2 rings (SSSR count). The van der Waals surface area contributed by atoms with Crippen LogP contribution in [0.1, 0.15) is 22.0 Å². The van der Waals surface area contributed by atoms with E-state index < -0.39 is 17.6 Å². The van der Waals surface area contributed by atoms with E-state index in [1.165, 1.54) is 25.3 Å². The molecule has 1 aromatic carbocycles. The Morgan fingerprint density at radius 3 is 2.44 bits per heavy atom. The van der Waals surface area contributed by atoms with E-state index >= 15 is 0 Å². The number of phenols is 2. The van der Waals surface area contributed by atoms with Gasteiger partial charge in [0.15, 0.2) is 5.76 Å². The SMILES string of the molecule is COC1C=C(O)C(=O)c2c(O)ccc(O)c21. The highest BCUT2D eigenvalue weighted by atomic mass is 16.5. The van der Waals surface area contributed by atoms with Gasteiger partial charge in [0.1, 0.15) is 17.6 Å². The minimum atomic E-state index is -0.750. The number of methoxy groups -OCH3 is 1. The van der Waals surface area contributed by atoms with E-state index in [1.54, 1.807) is 0 Å². The third-order valence-electron chi connectivity index (χ3n) is 2.51. The van der Waals surface area contributed by atoms with E-state index in [2.05, 4.69) is 0 Å². The zero-order valence-electron chi connectivity index (χ0n) is 8.47. The molecule has 0 spiro atoms. The lowest BCUT2D eigenvalue weighted by Gasteiger charge is -2.21. The normalized spacial score (nSPS) is 19.2. The van der Waals surface area contributed by atoms with Gasteiger partial charge in [0.2, 0.25) is 5.78 Å². The number of ketones is 1. The molecule has 0 saturated carbocycles. The number of hydrogen-bond donors (Lipinski definition) is 3. The molecule has 3 N–H and O–H groups in total. The van der Waals surface area contributed by atoms with Gasteiger partial charge in [-0.1, -0.05) is 0 Å². The van der Waals surface area contributed by atoms with Gasteiger partial charge in [-0.15, -0.1) is 0 Å². The third kappa shape index (κ3) is 1.33. The molecule has 0 fully saturated rings. The smallest absolute Gasteiger partial charge is 0.231 e. The minimum absolute atomic E-state index is 0.119. The van der Waals surface area contributed by atoms with Crippen LogP contribution in [0.25, 0.3) is 0 Å². The Morgan fingerprint density at radius 2 is 1.81 bits per heavy atom. The van der Waals surface area contributed by atoms with Crippen LogP contribution in [-0.4, -0.2) is 28.2 Å². The number of aliphatic hydroxyl groups excluding tert-OH is 1. The maximum atomic E-state index is 11.6. The standard InChI is InChI=1S/C11H10O5/c1-16-8-4-7(14)11(15)10-6(13)3-2-5(12)9(8)10/h2-4,8,12-14H,1H3. The number of carbonyl (C=O) groups is 1. The zero-order valence-corrected chi connectivity index (χ0v) is 8.47. The molecule has 0 aromatic heterocycles. The summed E-state index contributed by atoms with van der Waals surface area (Å²) in [6.07, 6.45) is 0.434. The Balaban J connectivity index is 2.73. The van der Waals surface area contributed by atoms with Crippen molar-refractivity contribution < 1.29 is 24.9 Å². The molecule has 84 valence electrons. The molecule has 0 heterocycles. The van der Waals surface area contributed by atoms with Crippen molar-refractivity contribution in [2.45, 2.75) is 6.10 Å². The van der Waals surface area contributed by atoms with Crippen molar-refractivity contribution in [3.8, 4) is 11.5 Å². The van der Waals surface area contributed by atoms with E-state index in [9.17, 15) is 20.1 Å². The van der Waals surface area contributed by atoms with Crippen molar-refractivity contribution in [1.29, 1.82) is 0 Å². The lowest BCUT2D eigenvalue weighted by Crippen LogP contribution is -2.17. The summed E-state index contributed by atoms with van der Waals surface area (Å²) in [6, 6.07) is 2.46. The molecule has 0 amide bonds. The van der Waals surface area contributed by atoms with Crippen molar-refractivity contribution >= 4 is 5.78 Å². The third-order valence-corrected chi connectivity index (χ3v) is 2.51. The minimum Gasteiger partial charge on any atom is -0.508 e. The maximum absolute atomic E-state index is 11.6. The van der Waals surface area contributed by atoms with Crippen LogP contribution in [0.4, 0.5) is 0 Å². The lowest BCUT2D eigenvalue weighted by atomic mass is 9.91. The molecule has 1 aliphatic carbocycles. The quantitative estimate of drug-likeness (QED) is 0.625. The summed E-state index contributed by atoms with van der Waals surface area (Å²) in [5.41, 5.74) is 0.0529. The average Bonchev–Trinajstić information content (AvgIpc) is 2.27. The van der Waals surface area contributed by atoms with E-state index in [1.807, 2.05) is 0 Å². The summed E-state index contributed by atoms with van der Waals surface area (Å²) >= 11 is 0. The van der Waals surface area contributed by atoms with Crippen LogP contribution in [0.3, 0.4) is 0 Å². The van der Waals surface area contributed by atoms with Crippen molar-refractivity contribution in [3.63, 3.8) is 0 Å². The summed E-state index contributed by atoms with van der Waals surface area (Å²) < 4.78 is 5.01. The van der Waals surface area contributed by atoms with Crippen molar-refractivity contribution in [3.05, 3.63) is 35.1 Å². The number of benzene rings is 1. The van der Waals surface area contributed by atoms with Gasteiger partial charge in [-0.2, -0.15) is 0 Å². The molecule has 0 bridgehead atoms. The molecule has 5 heteroatoms. The van der Waals surface area contributed by atoms with Crippen molar-refractivity contribution in [2.75, 3.05) is 7.11 Å². The predicted molar refractivity (Wildman–Crippen MR) is 54.6 cm³/mol. The molecule has 1 unspecified atom stereocenters. The van der Waals surface area contributed by atoms with Crippen LogP contribution in [-0.2, 0) is 4.74 Å². The predicted octanol–water partition coefficient (Wildman–Crippen LogP) is 1.42. The first kappa shape index (κ1) is 10.5. The number of aromatic hydroxyl groups is 2. The van der Waals surface area contributed by atoms with E-state index in [0.29, 0.717) is 0 Å². The highest BCUT2D eigenvalue weighted by molar-refractivity contribution is 6.11. The van der Waals surface area contributed by atoms with Gasteiger partial charge in [0.05, 0.1) is 5.56 Å². The highest BCUT2D eigenvalue weighted by Crippen LogP contribution is 2.40. The molecule has 16 heavy (non-hydrogen) atoms. The fourth-order valence-corrected chi connectivity index (χ4v) is 1.74. The summed E-state index contributed by atoms with van der Waals surface area (Å²) in [5, 5.41) is 28.6. The van der Waals surface area contributed by atoms with Gasteiger partial charge in [-0.25, -0.2) is 0 Å². The van der Waals surface area contributed by atoms with Crippen molar-refractivity contribution in [2.24, 2.45) is 0 Å². The van der Waals surface area contributed by atoms with Crippen LogP contribution < -0.4 is 0 Å². The summed E-state index contributed by atoms with van der Waals surface area (Å²) in [7, 11) is 1.37. The average molecular weight is 222 g/mol. The highest BCUT2D eigenvalue weighted by Gasteiger charge is 2.31. The zero-order chi connectivity index (χ0) is 11.9. The number of allylic oxidation sites excluding steroid dienone is 1. The molecule has 5 nitrogen and oxygen atoms in total. The van der Waals surface area contributed by atoms with Crippen LogP contribution in [0.15, 0.2) is 24.0 Å². The second kappa shape index (κ2) is 3.53. The largest absolute Gasteiger partial charge is 0.508 e. The van der Waals surface area contributed by atoms with E-state index in [-0.39, 0.29) is 22.6 Å². The summed E-state index contributed by atoms with van der Waals surface area (Å²) in [5.74, 6) is -1.67. The Hall–Kier alpha value is -2.01. The molecular weight excluding hydrogens is 212 g/mol. The molecule has 1 atom stereocenters. The number of Topliss-reactive ketones (excluding diaryl/α,β-unsaturated/α-hetero) is 1. The van der Waals surface area contributed by atoms with Gasteiger partial charge in [0.25, 0.3) is 0 Å². The fourth-order valence-electron chi connectivity index (χ4n) is 1.74. The van der Waals surface area contributed by atoms with Crippen LogP contribution in [0, 0.1) is 0 Å². The Labute approximate surface area is 91.2 Å². The first-order valence-corrected chi connectivity index (χ1v) is 4.59. The molecule has 1 aliphatic rings. The molecular formula is C11H10O5. The number of fused-ring (bicyclic) bond motifs is 1. The number of rotatable bonds is 1. The van der Waals surface area contributed by atoms with Gasteiger partial charge in [-0.3, -0.25) is 4.79 Å². The number of carbonyl (C=O) groups excluding carboxylic acids is 1. The summed E-state index contributed by atoms with van der Waals surface area (Å²) in [6.45, 7) is 0. The van der Waals surface area contributed by atoms with Crippen molar-refractivity contribution in [1.82, 2.24) is 0 Å². The second-order valence-corrected chi connectivity index (χ2v) is 3.43. The monoisotopic (exact) mass is 222 g/mol. The van der Waals surface area contributed by atoms with Crippen LogP contribution in [0.5, 0.6) is 11.5 Å². The first-order chi connectivity index (χ1) is 7.56. The number of hydrogen-bond acceptors (Lipinski definition) is 5. The van der Waals surface area contributed by atoms with Crippen LogP contribution >= 0.6 is 0 Å². The van der Waals surface area contributed by atoms with Gasteiger partial charge < -0.3 is 20.1 Å². The fraction of sp³-hybridized carbons (Fsp3) is 0.182. The molecule has 0 radical (unpaired) electrons. The molecule has 0 aliphatic heterocycles. The Kier molecular flexibility index (Phi) is 2.32. The number of aliphatic hydroxyl groups is 1. The number of ether oxygens (including phenoxy) is 1. The maximum Gasteiger partial charge on any atom is 0.231 e. The van der Waals surface area contributed by atoms with Gasteiger partial charge in [0, 0.05) is 12.7 Å². The van der Waals surface area contributed by atoms with Crippen LogP contribution in [0.2, 0.25) is 0 Å². The Morgan fingerprint density at radius 1 is 1.19 bits per heavy atom. The molecule has 1 aromatic rings. The lowest BCUT2D eigenvalue weighted by molar-refractivity contribution is 0.0918. The van der Waals surface area contributed by atoms with E-state index in [0.717, 1.165) is 0 Å². The van der Waals surface area contributed by atoms with E-state index in [4.69, 9.17) is 4.74 Å².